The van der Waals surface area contributed by atoms with Gasteiger partial charge in [0.1, 0.15) is 6.04 Å². The van der Waals surface area contributed by atoms with Crippen LogP contribution in [0.2, 0.25) is 0 Å². The normalized spacial score (nSPS) is 22.8. The Bertz CT molecular complexity index is 243. The van der Waals surface area contributed by atoms with Crippen molar-refractivity contribution in [3.63, 3.8) is 0 Å². The number of rotatable bonds is 4. The Morgan fingerprint density at radius 1 is 1.50 bits per heavy atom. The third-order valence-electron chi connectivity index (χ3n) is 2.84. The number of thioether (sulfide) groups is 1. The maximum Gasteiger partial charge on any atom is 0.323 e. The van der Waals surface area contributed by atoms with Crippen molar-refractivity contribution in [1.82, 2.24) is 4.90 Å². The lowest BCUT2D eigenvalue weighted by Gasteiger charge is -2.40. The van der Waals surface area contributed by atoms with E-state index in [-0.39, 0.29) is 16.8 Å². The number of ether oxygens (including phenoxy) is 1. The van der Waals surface area contributed by atoms with Gasteiger partial charge in [-0.05, 0) is 27.2 Å². The first-order chi connectivity index (χ1) is 7.50. The van der Waals surface area contributed by atoms with E-state index in [1.165, 1.54) is 0 Å². The van der Waals surface area contributed by atoms with E-state index in [0.29, 0.717) is 6.61 Å². The maximum absolute atomic E-state index is 11.8. The fourth-order valence-corrected chi connectivity index (χ4v) is 3.27. The van der Waals surface area contributed by atoms with Crippen LogP contribution in [-0.4, -0.2) is 47.1 Å². The van der Waals surface area contributed by atoms with E-state index in [0.717, 1.165) is 25.3 Å². The van der Waals surface area contributed by atoms with Crippen LogP contribution < -0.4 is 0 Å². The lowest BCUT2D eigenvalue weighted by molar-refractivity contribution is -0.149. The van der Waals surface area contributed by atoms with Gasteiger partial charge in [-0.15, -0.1) is 0 Å². The largest absolute Gasteiger partial charge is 0.465 e. The summed E-state index contributed by atoms with van der Waals surface area (Å²) in [5.74, 6) is 1.04. The van der Waals surface area contributed by atoms with Crippen LogP contribution in [0.5, 0.6) is 0 Å². The van der Waals surface area contributed by atoms with Crippen LogP contribution in [0.3, 0.4) is 0 Å². The zero-order valence-corrected chi connectivity index (χ0v) is 11.6. The molecule has 1 aliphatic rings. The summed E-state index contributed by atoms with van der Waals surface area (Å²) in [6.07, 6.45) is 0.833. The molecule has 3 nitrogen and oxygen atoms in total. The highest BCUT2D eigenvalue weighted by Gasteiger charge is 2.33. The van der Waals surface area contributed by atoms with Gasteiger partial charge in [0.05, 0.1) is 6.61 Å². The average molecular weight is 245 g/mol. The summed E-state index contributed by atoms with van der Waals surface area (Å²) in [7, 11) is 0. The van der Waals surface area contributed by atoms with E-state index in [4.69, 9.17) is 4.74 Å². The number of carbonyl (C=O) groups excluding carboxylic acids is 1. The summed E-state index contributed by atoms with van der Waals surface area (Å²) >= 11 is 1.98. The predicted octanol–water partition coefficient (Wildman–Crippen LogP) is 2.16. The minimum atomic E-state index is -0.0623. The van der Waals surface area contributed by atoms with Gasteiger partial charge in [-0.1, -0.05) is 6.92 Å². The number of nitrogens with zero attached hydrogens (tertiary/aromatic N) is 1. The molecule has 0 aromatic rings. The second-order valence-corrected chi connectivity index (χ2v) is 6.56. The van der Waals surface area contributed by atoms with Gasteiger partial charge in [0.15, 0.2) is 0 Å². The summed E-state index contributed by atoms with van der Waals surface area (Å²) in [6, 6.07) is -0.0554. The Morgan fingerprint density at radius 3 is 2.69 bits per heavy atom. The molecular formula is C12H23NO2S. The SMILES string of the molecule is CCOC(=O)C(CC)N1CCSC(C)(C)C1. The molecule has 1 rings (SSSR count). The van der Waals surface area contributed by atoms with Crippen molar-refractivity contribution in [2.24, 2.45) is 0 Å². The first-order valence-corrected chi connectivity index (χ1v) is 7.03. The Labute approximate surface area is 103 Å². The number of hydrogen-bond donors (Lipinski definition) is 0. The van der Waals surface area contributed by atoms with Crippen molar-refractivity contribution >= 4 is 17.7 Å². The number of carbonyl (C=O) groups is 1. The lowest BCUT2D eigenvalue weighted by atomic mass is 10.1. The first-order valence-electron chi connectivity index (χ1n) is 6.05. The third kappa shape index (κ3) is 3.67. The molecule has 1 heterocycles. The predicted molar refractivity (Wildman–Crippen MR) is 68.8 cm³/mol. The van der Waals surface area contributed by atoms with Crippen LogP contribution in [0, 0.1) is 0 Å². The van der Waals surface area contributed by atoms with Gasteiger partial charge in [-0.25, -0.2) is 0 Å². The third-order valence-corrected chi connectivity index (χ3v) is 4.14. The number of hydrogen-bond acceptors (Lipinski definition) is 4. The molecule has 1 fully saturated rings. The van der Waals surface area contributed by atoms with E-state index < -0.39 is 0 Å². The summed E-state index contributed by atoms with van der Waals surface area (Å²) < 4.78 is 5.38. The van der Waals surface area contributed by atoms with E-state index >= 15 is 0 Å². The molecule has 94 valence electrons. The van der Waals surface area contributed by atoms with Crippen molar-refractivity contribution in [2.45, 2.75) is 44.9 Å². The fraction of sp³-hybridized carbons (Fsp3) is 0.917. The number of esters is 1. The average Bonchev–Trinajstić information content (AvgIpc) is 2.17. The summed E-state index contributed by atoms with van der Waals surface area (Å²) in [4.78, 5) is 14.1. The summed E-state index contributed by atoms with van der Waals surface area (Å²) in [5.41, 5.74) is 0. The molecule has 0 N–H and O–H groups in total. The van der Waals surface area contributed by atoms with E-state index in [1.54, 1.807) is 0 Å². The van der Waals surface area contributed by atoms with Crippen molar-refractivity contribution in [2.75, 3.05) is 25.4 Å². The summed E-state index contributed by atoms with van der Waals surface area (Å²) in [5, 5.41) is 0. The Morgan fingerprint density at radius 2 is 2.19 bits per heavy atom. The molecule has 0 aromatic heterocycles. The molecule has 0 saturated carbocycles. The van der Waals surface area contributed by atoms with Crippen LogP contribution >= 0.6 is 11.8 Å². The smallest absolute Gasteiger partial charge is 0.323 e. The molecule has 16 heavy (non-hydrogen) atoms. The molecule has 0 bridgehead atoms. The molecule has 4 heteroatoms. The second-order valence-electron chi connectivity index (χ2n) is 4.75. The zero-order valence-electron chi connectivity index (χ0n) is 10.8. The minimum absolute atomic E-state index is 0.0554. The molecule has 1 aliphatic heterocycles. The lowest BCUT2D eigenvalue weighted by Crippen LogP contribution is -2.51. The van der Waals surface area contributed by atoms with Crippen molar-refractivity contribution in [3.8, 4) is 0 Å². The summed E-state index contributed by atoms with van der Waals surface area (Å²) in [6.45, 7) is 10.8. The molecule has 0 spiro atoms. The van der Waals surface area contributed by atoms with Crippen molar-refractivity contribution < 1.29 is 9.53 Å². The van der Waals surface area contributed by atoms with Gasteiger partial charge in [-0.3, -0.25) is 9.69 Å². The van der Waals surface area contributed by atoms with E-state index in [1.807, 2.05) is 18.7 Å². The van der Waals surface area contributed by atoms with Gasteiger partial charge in [0.25, 0.3) is 0 Å². The van der Waals surface area contributed by atoms with Gasteiger partial charge in [-0.2, -0.15) is 11.8 Å². The molecule has 0 aliphatic carbocycles. The Kier molecular flexibility index (Phi) is 5.12. The topological polar surface area (TPSA) is 29.5 Å². The standard InChI is InChI=1S/C12H23NO2S/c1-5-10(11(14)15-6-2)13-7-8-16-12(3,4)9-13/h10H,5-9H2,1-4H3. The molecule has 1 atom stereocenters. The van der Waals surface area contributed by atoms with Crippen LogP contribution in [0.4, 0.5) is 0 Å². The van der Waals surface area contributed by atoms with Gasteiger partial charge in [0.2, 0.25) is 0 Å². The minimum Gasteiger partial charge on any atom is -0.465 e. The Hall–Kier alpha value is -0.220. The quantitative estimate of drug-likeness (QED) is 0.710. The molecule has 0 radical (unpaired) electrons. The van der Waals surface area contributed by atoms with Crippen LogP contribution in [0.25, 0.3) is 0 Å². The van der Waals surface area contributed by atoms with Gasteiger partial charge >= 0.3 is 5.97 Å². The zero-order chi connectivity index (χ0) is 12.2. The molecule has 0 amide bonds. The van der Waals surface area contributed by atoms with Gasteiger partial charge in [0, 0.05) is 23.6 Å². The Balaban J connectivity index is 2.62. The fourth-order valence-electron chi connectivity index (χ4n) is 2.13. The monoisotopic (exact) mass is 245 g/mol. The van der Waals surface area contributed by atoms with Crippen molar-refractivity contribution in [3.05, 3.63) is 0 Å². The van der Waals surface area contributed by atoms with Gasteiger partial charge < -0.3 is 4.74 Å². The maximum atomic E-state index is 11.8. The highest BCUT2D eigenvalue weighted by Crippen LogP contribution is 2.31. The van der Waals surface area contributed by atoms with E-state index in [2.05, 4.69) is 25.7 Å². The molecular weight excluding hydrogens is 222 g/mol. The van der Waals surface area contributed by atoms with Crippen molar-refractivity contribution in [1.29, 1.82) is 0 Å². The van der Waals surface area contributed by atoms with Crippen LogP contribution in [0.1, 0.15) is 34.1 Å². The second kappa shape index (κ2) is 5.92. The highest BCUT2D eigenvalue weighted by atomic mass is 32.2. The van der Waals surface area contributed by atoms with Crippen LogP contribution in [0.15, 0.2) is 0 Å². The molecule has 0 aromatic carbocycles. The first kappa shape index (κ1) is 13.8. The molecule has 1 saturated heterocycles. The van der Waals surface area contributed by atoms with E-state index in [9.17, 15) is 4.79 Å². The molecule has 1 unspecified atom stereocenters. The highest BCUT2D eigenvalue weighted by molar-refractivity contribution is 8.00. The van der Waals surface area contributed by atoms with Crippen LogP contribution in [-0.2, 0) is 9.53 Å².